The van der Waals surface area contributed by atoms with Crippen LogP contribution in [-0.4, -0.2) is 52.7 Å². The number of hydrogen-bond acceptors (Lipinski definition) is 8. The van der Waals surface area contributed by atoms with Crippen molar-refractivity contribution in [1.82, 2.24) is 34.5 Å². The van der Waals surface area contributed by atoms with Crippen molar-refractivity contribution in [2.45, 2.75) is 32.4 Å². The van der Waals surface area contributed by atoms with Crippen LogP contribution in [-0.2, 0) is 6.54 Å². The number of pyridine rings is 1. The second kappa shape index (κ2) is 7.35. The van der Waals surface area contributed by atoms with Crippen LogP contribution < -0.4 is 21.4 Å². The zero-order chi connectivity index (χ0) is 21.5. The number of hydrogen-bond donors (Lipinski definition) is 3. The molecule has 4 aromatic heterocycles. The molecule has 1 saturated carbocycles. The van der Waals surface area contributed by atoms with Crippen LogP contribution in [0.15, 0.2) is 34.3 Å². The van der Waals surface area contributed by atoms with Gasteiger partial charge < -0.3 is 15.0 Å². The highest BCUT2D eigenvalue weighted by Gasteiger charge is 2.21. The first-order valence-electron chi connectivity index (χ1n) is 9.91. The van der Waals surface area contributed by atoms with E-state index in [-0.39, 0.29) is 17.6 Å². The second-order valence-electron chi connectivity index (χ2n) is 7.67. The Morgan fingerprint density at radius 1 is 1.35 bits per heavy atom. The van der Waals surface area contributed by atoms with Crippen LogP contribution >= 0.6 is 0 Å². The number of nitrogens with one attached hydrogen (secondary N) is 2. The molecular formula is C20H21N9O2. The van der Waals surface area contributed by atoms with Crippen LogP contribution in [0.25, 0.3) is 11.7 Å². The van der Waals surface area contributed by atoms with Crippen LogP contribution in [0.1, 0.15) is 29.8 Å². The number of aryl methyl sites for hydroxylation is 1. The van der Waals surface area contributed by atoms with Crippen molar-refractivity contribution < 1.29 is 5.11 Å². The SMILES string of the molecule is Cc1cc(CN(C)c2nc(=NC3CC3)n3nc/c(=C/c4[nH]c(=O)[nH]c4O)c3n2)ccn1. The lowest BCUT2D eigenvalue weighted by Gasteiger charge is -2.17. The standard InChI is InChI=1S/C20H21N9O2/c1-11-7-12(5-6-21-11)10-28(2)18-25-16-13(8-15-17(30)26-20(31)24-15)9-22-29(16)19(27-18)23-14-3-4-14/h5-9,14,30H,3-4,10H2,1-2H3,(H2,24,26,31)/b13-8-,23-19?. The first kappa shape index (κ1) is 19.0. The number of nitrogens with zero attached hydrogens (tertiary/aromatic N) is 7. The summed E-state index contributed by atoms with van der Waals surface area (Å²) in [6, 6.07) is 4.23. The van der Waals surface area contributed by atoms with E-state index in [0.717, 1.165) is 24.1 Å². The van der Waals surface area contributed by atoms with E-state index in [1.54, 1.807) is 23.0 Å². The summed E-state index contributed by atoms with van der Waals surface area (Å²) in [5.74, 6) is 0.259. The average Bonchev–Trinajstić information content (AvgIpc) is 3.36. The van der Waals surface area contributed by atoms with Gasteiger partial charge in [0.2, 0.25) is 11.8 Å². The van der Waals surface area contributed by atoms with Gasteiger partial charge in [-0.15, -0.1) is 0 Å². The molecule has 0 spiro atoms. The average molecular weight is 419 g/mol. The van der Waals surface area contributed by atoms with Gasteiger partial charge in [0.25, 0.3) is 5.62 Å². The number of imidazole rings is 1. The Kier molecular flexibility index (Phi) is 4.50. The Morgan fingerprint density at radius 2 is 2.19 bits per heavy atom. The van der Waals surface area contributed by atoms with Crippen molar-refractivity contribution in [2.75, 3.05) is 11.9 Å². The lowest BCUT2D eigenvalue weighted by atomic mass is 10.2. The van der Waals surface area contributed by atoms with Crippen molar-refractivity contribution in [2.24, 2.45) is 4.99 Å². The predicted octanol–water partition coefficient (Wildman–Crippen LogP) is -0.203. The highest BCUT2D eigenvalue weighted by Crippen LogP contribution is 2.22. The molecule has 0 unspecified atom stereocenters. The molecule has 0 amide bonds. The van der Waals surface area contributed by atoms with Gasteiger partial charge in [-0.3, -0.25) is 9.97 Å². The molecule has 0 radical (unpaired) electrons. The molecule has 1 aliphatic carbocycles. The normalized spacial score (nSPS) is 15.2. The predicted molar refractivity (Wildman–Crippen MR) is 112 cm³/mol. The Hall–Kier alpha value is -4.02. The molecule has 0 aromatic carbocycles. The van der Waals surface area contributed by atoms with E-state index in [0.29, 0.717) is 29.0 Å². The molecule has 158 valence electrons. The van der Waals surface area contributed by atoms with Gasteiger partial charge in [0, 0.05) is 30.7 Å². The van der Waals surface area contributed by atoms with E-state index in [9.17, 15) is 9.90 Å². The van der Waals surface area contributed by atoms with E-state index in [1.165, 1.54) is 0 Å². The minimum atomic E-state index is -0.493. The molecule has 3 N–H and O–H groups in total. The van der Waals surface area contributed by atoms with Gasteiger partial charge in [0.1, 0.15) is 5.69 Å². The van der Waals surface area contributed by atoms with Crippen LogP contribution in [0.5, 0.6) is 5.88 Å². The molecule has 4 aromatic rings. The van der Waals surface area contributed by atoms with E-state index >= 15 is 0 Å². The number of rotatable bonds is 5. The lowest BCUT2D eigenvalue weighted by molar-refractivity contribution is 0.454. The zero-order valence-electron chi connectivity index (χ0n) is 17.1. The van der Waals surface area contributed by atoms with Crippen molar-refractivity contribution in [3.05, 3.63) is 62.8 Å². The van der Waals surface area contributed by atoms with Gasteiger partial charge in [0.15, 0.2) is 5.65 Å². The van der Waals surface area contributed by atoms with Gasteiger partial charge in [-0.05, 0) is 43.5 Å². The topological polar surface area (TPSA) is 140 Å². The molecule has 0 saturated heterocycles. The molecule has 4 heterocycles. The third-order valence-corrected chi connectivity index (χ3v) is 4.97. The summed E-state index contributed by atoms with van der Waals surface area (Å²) in [7, 11) is 1.91. The number of H-pyrrole nitrogens is 2. The molecule has 1 aliphatic rings. The quantitative estimate of drug-likeness (QED) is 0.407. The minimum Gasteiger partial charge on any atom is -0.493 e. The number of aromatic amines is 2. The van der Waals surface area contributed by atoms with Gasteiger partial charge in [0.05, 0.1) is 12.2 Å². The first-order chi connectivity index (χ1) is 15.0. The highest BCUT2D eigenvalue weighted by atomic mass is 16.3. The molecule has 11 nitrogen and oxygen atoms in total. The fraction of sp³-hybridized carbons (Fsp3) is 0.300. The smallest absolute Gasteiger partial charge is 0.326 e. The van der Waals surface area contributed by atoms with Crippen molar-refractivity contribution in [3.63, 3.8) is 0 Å². The fourth-order valence-corrected chi connectivity index (χ4v) is 3.29. The summed E-state index contributed by atoms with van der Waals surface area (Å²) >= 11 is 0. The molecule has 11 heteroatoms. The number of anilines is 1. The molecule has 5 rings (SSSR count). The summed E-state index contributed by atoms with van der Waals surface area (Å²) in [6.45, 7) is 2.55. The Balaban J connectivity index is 1.63. The maximum absolute atomic E-state index is 11.5. The zero-order valence-corrected chi connectivity index (χ0v) is 17.1. The third kappa shape index (κ3) is 3.89. The number of fused-ring (bicyclic) bond motifs is 1. The fourth-order valence-electron chi connectivity index (χ4n) is 3.29. The van der Waals surface area contributed by atoms with Crippen molar-refractivity contribution in [1.29, 1.82) is 0 Å². The lowest BCUT2D eigenvalue weighted by Crippen LogP contribution is -2.28. The summed E-state index contributed by atoms with van der Waals surface area (Å²) in [6.07, 6.45) is 7.07. The minimum absolute atomic E-state index is 0.244. The summed E-state index contributed by atoms with van der Waals surface area (Å²) < 4.78 is 1.58. The third-order valence-electron chi connectivity index (χ3n) is 4.97. The molecule has 31 heavy (non-hydrogen) atoms. The Labute approximate surface area is 175 Å². The van der Waals surface area contributed by atoms with Crippen LogP contribution in [0.2, 0.25) is 0 Å². The summed E-state index contributed by atoms with van der Waals surface area (Å²) in [5, 5.41) is 14.9. The van der Waals surface area contributed by atoms with E-state index < -0.39 is 5.69 Å². The molecule has 1 fully saturated rings. The maximum Gasteiger partial charge on any atom is 0.326 e. The summed E-state index contributed by atoms with van der Waals surface area (Å²) in [5.41, 5.74) is 2.80. The highest BCUT2D eigenvalue weighted by molar-refractivity contribution is 5.57. The van der Waals surface area contributed by atoms with E-state index in [2.05, 4.69) is 25.0 Å². The molecule has 0 aliphatic heterocycles. The van der Waals surface area contributed by atoms with Gasteiger partial charge in [-0.25, -0.2) is 9.79 Å². The van der Waals surface area contributed by atoms with Crippen LogP contribution in [0, 0.1) is 6.92 Å². The molecular weight excluding hydrogens is 398 g/mol. The van der Waals surface area contributed by atoms with Gasteiger partial charge in [-0.2, -0.15) is 19.6 Å². The largest absolute Gasteiger partial charge is 0.493 e. The van der Waals surface area contributed by atoms with Crippen molar-refractivity contribution in [3.8, 4) is 5.88 Å². The second-order valence-corrected chi connectivity index (χ2v) is 7.67. The van der Waals surface area contributed by atoms with Crippen LogP contribution in [0.3, 0.4) is 0 Å². The van der Waals surface area contributed by atoms with Crippen molar-refractivity contribution >= 4 is 17.7 Å². The first-order valence-corrected chi connectivity index (χ1v) is 9.91. The number of aromatic hydroxyl groups is 1. The molecule has 0 atom stereocenters. The van der Waals surface area contributed by atoms with Crippen LogP contribution in [0.4, 0.5) is 5.95 Å². The monoisotopic (exact) mass is 419 g/mol. The van der Waals surface area contributed by atoms with E-state index in [4.69, 9.17) is 9.98 Å². The Morgan fingerprint density at radius 3 is 2.90 bits per heavy atom. The molecule has 0 bridgehead atoms. The van der Waals surface area contributed by atoms with E-state index in [1.807, 2.05) is 31.0 Å². The summed E-state index contributed by atoms with van der Waals surface area (Å²) in [4.78, 5) is 36.5. The Bertz CT molecular complexity index is 1450. The van der Waals surface area contributed by atoms with Gasteiger partial charge in [-0.1, -0.05) is 0 Å². The van der Waals surface area contributed by atoms with Gasteiger partial charge >= 0.3 is 5.69 Å². The number of aromatic nitrogens is 7. The maximum atomic E-state index is 11.5.